The van der Waals surface area contributed by atoms with Crippen LogP contribution < -0.4 is 9.47 Å². The van der Waals surface area contributed by atoms with Crippen LogP contribution in [0.3, 0.4) is 0 Å². The number of fused-ring (bicyclic) bond motifs is 3. The van der Waals surface area contributed by atoms with Crippen LogP contribution in [0.15, 0.2) is 152 Å². The molecule has 0 amide bonds. The zero-order valence-electron chi connectivity index (χ0n) is 35.4. The lowest BCUT2D eigenvalue weighted by Crippen LogP contribution is -2.21. The van der Waals surface area contributed by atoms with E-state index in [2.05, 4.69) is 0 Å². The Balaban J connectivity index is 1.20. The fourth-order valence-electron chi connectivity index (χ4n) is 12.0. The smallest absolute Gasteiger partial charge is 0.135 e. The largest absolute Gasteiger partial charge is 0.508 e. The van der Waals surface area contributed by atoms with Crippen molar-refractivity contribution in [2.45, 2.75) is 47.7 Å². The number of phenols is 9. The standard InChI is InChI=1S/C56H42O11/c57-31-12-6-27(7-13-31)44-47-38(21-36(62)23-40(47)64)50-52-43(67-56(50)29-10-16-33(59)17-11-29)25-41(65)51-49(45(53(44)54(51)52)26-4-2-1-3-5-26)39-22-37(63)24-42-48(39)46(30-18-34(60)20-35(61)19-30)55(66-42)28-8-14-32(58)15-9-28/h1-25,44-46,49-50,53,55-65H. The Morgan fingerprint density at radius 1 is 0.284 bits per heavy atom. The van der Waals surface area contributed by atoms with E-state index in [0.717, 1.165) is 22.3 Å². The highest BCUT2D eigenvalue weighted by Gasteiger charge is 2.57. The van der Waals surface area contributed by atoms with Crippen molar-refractivity contribution in [3.8, 4) is 63.2 Å². The molecule has 0 spiro atoms. The molecule has 0 saturated carbocycles. The second-order valence-electron chi connectivity index (χ2n) is 18.1. The van der Waals surface area contributed by atoms with Crippen LogP contribution in [0.2, 0.25) is 0 Å². The molecule has 67 heavy (non-hydrogen) atoms. The van der Waals surface area contributed by atoms with E-state index in [9.17, 15) is 46.0 Å². The maximum atomic E-state index is 12.8. The highest BCUT2D eigenvalue weighted by Crippen LogP contribution is 2.72. The van der Waals surface area contributed by atoms with Crippen molar-refractivity contribution in [3.63, 3.8) is 0 Å². The van der Waals surface area contributed by atoms with Gasteiger partial charge >= 0.3 is 0 Å². The van der Waals surface area contributed by atoms with Gasteiger partial charge in [0.2, 0.25) is 0 Å². The molecule has 332 valence electrons. The average molecular weight is 891 g/mol. The van der Waals surface area contributed by atoms with Gasteiger partial charge in [-0.05, 0) is 105 Å². The molecule has 8 atom stereocenters. The number of phenolic OH excluding ortho intramolecular Hbond substituents is 9. The Morgan fingerprint density at radius 2 is 0.776 bits per heavy atom. The van der Waals surface area contributed by atoms with Crippen molar-refractivity contribution in [1.29, 1.82) is 0 Å². The third kappa shape index (κ3) is 6.18. The first-order valence-electron chi connectivity index (χ1n) is 22.0. The molecule has 11 nitrogen and oxygen atoms in total. The van der Waals surface area contributed by atoms with E-state index in [-0.39, 0.29) is 51.7 Å². The normalized spacial score (nSPS) is 22.8. The summed E-state index contributed by atoms with van der Waals surface area (Å²) >= 11 is 0. The summed E-state index contributed by atoms with van der Waals surface area (Å²) in [6.45, 7) is 0. The second-order valence-corrected chi connectivity index (χ2v) is 18.1. The van der Waals surface area contributed by atoms with E-state index in [1.54, 1.807) is 91.0 Å². The Morgan fingerprint density at radius 3 is 1.37 bits per heavy atom. The molecule has 0 aromatic heterocycles. The molecule has 2 aliphatic carbocycles. The van der Waals surface area contributed by atoms with Crippen LogP contribution in [-0.4, -0.2) is 46.0 Å². The molecule has 9 N–H and O–H groups in total. The zero-order chi connectivity index (χ0) is 46.0. The van der Waals surface area contributed by atoms with Gasteiger partial charge in [-0.3, -0.25) is 0 Å². The quantitative estimate of drug-likeness (QED) is 0.0769. The molecule has 11 heteroatoms. The van der Waals surface area contributed by atoms with Gasteiger partial charge in [-0.1, -0.05) is 66.7 Å². The van der Waals surface area contributed by atoms with Gasteiger partial charge in [0.05, 0.1) is 11.8 Å². The fourth-order valence-corrected chi connectivity index (χ4v) is 12.0. The van der Waals surface area contributed by atoms with Crippen LogP contribution in [0, 0.1) is 0 Å². The highest BCUT2D eigenvalue weighted by molar-refractivity contribution is 5.74. The van der Waals surface area contributed by atoms with Crippen molar-refractivity contribution in [1.82, 2.24) is 0 Å². The van der Waals surface area contributed by atoms with Crippen LogP contribution in [0.25, 0.3) is 0 Å². The van der Waals surface area contributed by atoms with Crippen LogP contribution >= 0.6 is 0 Å². The number of rotatable bonds is 6. The van der Waals surface area contributed by atoms with Gasteiger partial charge < -0.3 is 55.4 Å². The summed E-state index contributed by atoms with van der Waals surface area (Å²) in [7, 11) is 0. The number of hydrogen-bond acceptors (Lipinski definition) is 11. The summed E-state index contributed by atoms with van der Waals surface area (Å²) in [4.78, 5) is 0. The van der Waals surface area contributed by atoms with Gasteiger partial charge in [-0.25, -0.2) is 0 Å². The Kier molecular flexibility index (Phi) is 8.85. The molecule has 4 aliphatic rings. The minimum absolute atomic E-state index is 0.0415. The maximum Gasteiger partial charge on any atom is 0.135 e. The summed E-state index contributed by atoms with van der Waals surface area (Å²) < 4.78 is 13.7. The molecule has 2 aliphatic heterocycles. The lowest BCUT2D eigenvalue weighted by atomic mass is 9.68. The van der Waals surface area contributed by atoms with Crippen molar-refractivity contribution in [2.75, 3.05) is 0 Å². The predicted octanol–water partition coefficient (Wildman–Crippen LogP) is 10.7. The lowest BCUT2D eigenvalue weighted by Gasteiger charge is -2.35. The fraction of sp³-hybridized carbons (Fsp3) is 0.143. The van der Waals surface area contributed by atoms with Gasteiger partial charge in [-0.15, -0.1) is 0 Å². The van der Waals surface area contributed by atoms with Gasteiger partial charge in [0.25, 0.3) is 0 Å². The van der Waals surface area contributed by atoms with Crippen molar-refractivity contribution >= 4 is 0 Å². The van der Waals surface area contributed by atoms with Crippen LogP contribution in [-0.2, 0) is 0 Å². The van der Waals surface area contributed by atoms with E-state index in [1.165, 1.54) is 18.2 Å². The molecule has 0 radical (unpaired) electrons. The minimum Gasteiger partial charge on any atom is -0.508 e. The number of benzene rings is 8. The summed E-state index contributed by atoms with van der Waals surface area (Å²) in [6.07, 6.45) is -1.52. The van der Waals surface area contributed by atoms with Gasteiger partial charge in [0, 0.05) is 70.2 Å². The Hall–Kier alpha value is -8.44. The molecule has 2 heterocycles. The Bertz CT molecular complexity index is 3260. The monoisotopic (exact) mass is 890 g/mol. The van der Waals surface area contributed by atoms with Crippen LogP contribution in [0.5, 0.6) is 63.2 Å². The predicted molar refractivity (Wildman–Crippen MR) is 246 cm³/mol. The van der Waals surface area contributed by atoms with Crippen molar-refractivity contribution < 1.29 is 55.4 Å². The van der Waals surface area contributed by atoms with Gasteiger partial charge in [0.1, 0.15) is 75.5 Å². The first-order valence-corrected chi connectivity index (χ1v) is 22.0. The van der Waals surface area contributed by atoms with Crippen molar-refractivity contribution in [3.05, 3.63) is 218 Å². The number of ether oxygens (including phenoxy) is 2. The molecule has 0 bridgehead atoms. The second kappa shape index (κ2) is 14.8. The zero-order valence-corrected chi connectivity index (χ0v) is 35.4. The van der Waals surface area contributed by atoms with E-state index < -0.39 is 47.7 Å². The lowest BCUT2D eigenvalue weighted by molar-refractivity contribution is 0.221. The van der Waals surface area contributed by atoms with E-state index >= 15 is 0 Å². The van der Waals surface area contributed by atoms with E-state index in [0.29, 0.717) is 56.0 Å². The topological polar surface area (TPSA) is 201 Å². The summed E-state index contributed by atoms with van der Waals surface area (Å²) in [5, 5.41) is 102. The number of aromatic hydroxyl groups is 9. The van der Waals surface area contributed by atoms with E-state index in [1.807, 2.05) is 42.5 Å². The molecule has 0 saturated heterocycles. The van der Waals surface area contributed by atoms with Crippen molar-refractivity contribution in [2.24, 2.45) is 0 Å². The summed E-state index contributed by atoms with van der Waals surface area (Å²) in [5.74, 6) is -3.95. The minimum atomic E-state index is -0.776. The summed E-state index contributed by atoms with van der Waals surface area (Å²) in [5.41, 5.74) is 7.91. The molecule has 8 unspecified atom stereocenters. The molecule has 8 aromatic carbocycles. The molecule has 8 aromatic rings. The third-order valence-electron chi connectivity index (χ3n) is 14.4. The van der Waals surface area contributed by atoms with E-state index in [4.69, 9.17) is 9.47 Å². The first-order chi connectivity index (χ1) is 32.4. The molecular formula is C56H42O11. The SMILES string of the molecule is Oc1ccc(C2Oc3cc(O)cc(C4c5c(O)cc6c7c5C(C(c5ccc(O)cc5)c5c(O)cc(O)cc5C7C(c5ccc(O)cc5)O6)C4c4ccccc4)c3C2c2cc(O)cc(O)c2)cc1. The summed E-state index contributed by atoms with van der Waals surface area (Å²) in [6, 6.07) is 42.2. The van der Waals surface area contributed by atoms with Gasteiger partial charge in [-0.2, -0.15) is 0 Å². The average Bonchev–Trinajstić information content (AvgIpc) is 3.96. The Labute approximate surface area is 383 Å². The number of hydrogen-bond donors (Lipinski definition) is 9. The van der Waals surface area contributed by atoms with Gasteiger partial charge in [0.15, 0.2) is 0 Å². The highest BCUT2D eigenvalue weighted by atomic mass is 16.5. The van der Waals surface area contributed by atoms with Crippen LogP contribution in [0.4, 0.5) is 0 Å². The maximum absolute atomic E-state index is 12.8. The third-order valence-corrected chi connectivity index (χ3v) is 14.4. The molecular weight excluding hydrogens is 849 g/mol. The molecule has 12 rings (SSSR count). The van der Waals surface area contributed by atoms with Crippen LogP contribution in [0.1, 0.15) is 114 Å². The first kappa shape index (κ1) is 40.1. The molecule has 0 fully saturated rings.